The van der Waals surface area contributed by atoms with Gasteiger partial charge in [0.05, 0.1) is 17.3 Å². The Morgan fingerprint density at radius 3 is 2.71 bits per heavy atom. The van der Waals surface area contributed by atoms with Crippen molar-refractivity contribution in [2.24, 2.45) is 0 Å². The first kappa shape index (κ1) is 11.9. The van der Waals surface area contributed by atoms with E-state index < -0.39 is 0 Å². The van der Waals surface area contributed by atoms with Crippen LogP contribution in [0.5, 0.6) is 0 Å². The molecule has 0 aromatic heterocycles. The maximum atomic E-state index is 13.6. The molecule has 0 aliphatic carbocycles. The Bertz CT molecular complexity index is 431. The molecule has 0 saturated carbocycles. The summed E-state index contributed by atoms with van der Waals surface area (Å²) >= 11 is 0. The van der Waals surface area contributed by atoms with Crippen molar-refractivity contribution >= 4 is 5.69 Å². The molecule has 3 nitrogen and oxygen atoms in total. The first-order valence-corrected chi connectivity index (χ1v) is 5.84. The quantitative estimate of drug-likeness (QED) is 0.851. The van der Waals surface area contributed by atoms with E-state index in [1.807, 2.05) is 6.07 Å². The Morgan fingerprint density at radius 2 is 2.12 bits per heavy atom. The third-order valence-corrected chi connectivity index (χ3v) is 3.18. The van der Waals surface area contributed by atoms with E-state index in [4.69, 9.17) is 5.26 Å². The van der Waals surface area contributed by atoms with Crippen molar-refractivity contribution in [2.75, 3.05) is 25.5 Å². The fourth-order valence-corrected chi connectivity index (χ4v) is 2.07. The second-order valence-electron chi connectivity index (χ2n) is 4.53. The molecule has 2 rings (SSSR count). The maximum absolute atomic E-state index is 13.6. The van der Waals surface area contributed by atoms with Gasteiger partial charge in [-0.1, -0.05) is 0 Å². The van der Waals surface area contributed by atoms with Gasteiger partial charge in [0.2, 0.25) is 0 Å². The normalized spacial score (nSPS) is 17.7. The summed E-state index contributed by atoms with van der Waals surface area (Å²) in [6, 6.07) is 6.82. The molecule has 0 bridgehead atoms. The van der Waals surface area contributed by atoms with Crippen molar-refractivity contribution in [3.63, 3.8) is 0 Å². The van der Waals surface area contributed by atoms with Gasteiger partial charge in [0.1, 0.15) is 5.82 Å². The fourth-order valence-electron chi connectivity index (χ4n) is 2.07. The standard InChI is InChI=1S/C13H16FN3/c1-17-6-4-11(5-7-17)16-13-3-2-10(9-15)8-12(13)14/h2-3,8,11,16H,4-7H2,1H3. The lowest BCUT2D eigenvalue weighted by atomic mass is 10.0. The lowest BCUT2D eigenvalue weighted by molar-refractivity contribution is 0.263. The van der Waals surface area contributed by atoms with Gasteiger partial charge in [0, 0.05) is 6.04 Å². The van der Waals surface area contributed by atoms with Crippen molar-refractivity contribution in [3.8, 4) is 6.07 Å². The van der Waals surface area contributed by atoms with E-state index in [-0.39, 0.29) is 5.82 Å². The summed E-state index contributed by atoms with van der Waals surface area (Å²) < 4.78 is 13.6. The average Bonchev–Trinajstić information content (AvgIpc) is 2.34. The molecule has 1 aliphatic heterocycles. The molecule has 1 aliphatic rings. The minimum absolute atomic E-state index is 0.327. The Kier molecular flexibility index (Phi) is 3.60. The molecule has 0 spiro atoms. The number of nitrogens with zero attached hydrogens (tertiary/aromatic N) is 2. The molecule has 90 valence electrons. The highest BCUT2D eigenvalue weighted by molar-refractivity contribution is 5.49. The van der Waals surface area contributed by atoms with Crippen LogP contribution in [0.2, 0.25) is 0 Å². The van der Waals surface area contributed by atoms with Gasteiger partial charge in [-0.15, -0.1) is 0 Å². The molecule has 1 saturated heterocycles. The summed E-state index contributed by atoms with van der Waals surface area (Å²) in [7, 11) is 2.10. The van der Waals surface area contributed by atoms with Crippen molar-refractivity contribution in [2.45, 2.75) is 18.9 Å². The second kappa shape index (κ2) is 5.15. The summed E-state index contributed by atoms with van der Waals surface area (Å²) in [4.78, 5) is 2.27. The summed E-state index contributed by atoms with van der Waals surface area (Å²) in [5, 5.41) is 11.9. The Hall–Kier alpha value is -1.60. The van der Waals surface area contributed by atoms with Crippen LogP contribution < -0.4 is 5.32 Å². The van der Waals surface area contributed by atoms with Crippen molar-refractivity contribution < 1.29 is 4.39 Å². The lowest BCUT2D eigenvalue weighted by Gasteiger charge is -2.30. The monoisotopic (exact) mass is 233 g/mol. The van der Waals surface area contributed by atoms with Crippen LogP contribution in [0.1, 0.15) is 18.4 Å². The molecule has 1 aromatic rings. The number of anilines is 1. The van der Waals surface area contributed by atoms with Crippen LogP contribution in [0.15, 0.2) is 18.2 Å². The van der Waals surface area contributed by atoms with Crippen LogP contribution in [0.4, 0.5) is 10.1 Å². The maximum Gasteiger partial charge on any atom is 0.147 e. The van der Waals surface area contributed by atoms with Gasteiger partial charge in [-0.25, -0.2) is 4.39 Å². The summed E-state index contributed by atoms with van der Waals surface area (Å²) in [6.45, 7) is 2.07. The number of benzene rings is 1. The number of hydrogen-bond acceptors (Lipinski definition) is 3. The van der Waals surface area contributed by atoms with E-state index in [9.17, 15) is 4.39 Å². The number of hydrogen-bond donors (Lipinski definition) is 1. The zero-order valence-electron chi connectivity index (χ0n) is 9.91. The molecule has 0 amide bonds. The highest BCUT2D eigenvalue weighted by Crippen LogP contribution is 2.19. The van der Waals surface area contributed by atoms with Crippen molar-refractivity contribution in [1.82, 2.24) is 4.90 Å². The first-order chi connectivity index (χ1) is 8.19. The number of halogens is 1. The Labute approximate surface area is 101 Å². The minimum atomic E-state index is -0.344. The van der Waals surface area contributed by atoms with Gasteiger partial charge in [0.15, 0.2) is 0 Å². The highest BCUT2D eigenvalue weighted by atomic mass is 19.1. The topological polar surface area (TPSA) is 39.1 Å². The van der Waals surface area contributed by atoms with E-state index in [1.54, 1.807) is 12.1 Å². The summed E-state index contributed by atoms with van der Waals surface area (Å²) in [5.41, 5.74) is 0.856. The van der Waals surface area contributed by atoms with Crippen LogP contribution in [-0.2, 0) is 0 Å². The van der Waals surface area contributed by atoms with Crippen molar-refractivity contribution in [1.29, 1.82) is 5.26 Å². The average molecular weight is 233 g/mol. The van der Waals surface area contributed by atoms with Gasteiger partial charge in [-0.3, -0.25) is 0 Å². The zero-order valence-corrected chi connectivity index (χ0v) is 9.91. The first-order valence-electron chi connectivity index (χ1n) is 5.84. The van der Waals surface area contributed by atoms with Gasteiger partial charge >= 0.3 is 0 Å². The van der Waals surface area contributed by atoms with Crippen LogP contribution >= 0.6 is 0 Å². The summed E-state index contributed by atoms with van der Waals surface area (Å²) in [5.74, 6) is -0.344. The third kappa shape index (κ3) is 2.95. The molecular formula is C13H16FN3. The predicted octanol–water partition coefficient (Wildman–Crippen LogP) is 2.20. The zero-order chi connectivity index (χ0) is 12.3. The number of likely N-dealkylation sites (tertiary alicyclic amines) is 1. The number of rotatable bonds is 2. The lowest BCUT2D eigenvalue weighted by Crippen LogP contribution is -2.36. The van der Waals surface area contributed by atoms with E-state index in [2.05, 4.69) is 17.3 Å². The molecule has 1 aromatic carbocycles. The molecule has 0 unspecified atom stereocenters. The molecule has 1 fully saturated rings. The molecule has 1 heterocycles. The third-order valence-electron chi connectivity index (χ3n) is 3.18. The predicted molar refractivity (Wildman–Crippen MR) is 65.3 cm³/mol. The molecule has 0 radical (unpaired) electrons. The van der Waals surface area contributed by atoms with Gasteiger partial charge in [-0.2, -0.15) is 5.26 Å². The minimum Gasteiger partial charge on any atom is -0.380 e. The van der Waals surface area contributed by atoms with Crippen LogP contribution in [0.25, 0.3) is 0 Å². The van der Waals surface area contributed by atoms with E-state index in [0.29, 0.717) is 17.3 Å². The molecule has 4 heteroatoms. The Balaban J connectivity index is 2.02. The molecule has 1 N–H and O–H groups in total. The van der Waals surface area contributed by atoms with E-state index in [0.717, 1.165) is 25.9 Å². The molecular weight excluding hydrogens is 217 g/mol. The smallest absolute Gasteiger partial charge is 0.147 e. The van der Waals surface area contributed by atoms with E-state index in [1.165, 1.54) is 6.07 Å². The van der Waals surface area contributed by atoms with Gasteiger partial charge in [0.25, 0.3) is 0 Å². The SMILES string of the molecule is CN1CCC(Nc2ccc(C#N)cc2F)CC1. The molecule has 0 atom stereocenters. The van der Waals surface area contributed by atoms with E-state index >= 15 is 0 Å². The summed E-state index contributed by atoms with van der Waals surface area (Å²) in [6.07, 6.45) is 2.05. The number of nitriles is 1. The fraction of sp³-hybridized carbons (Fsp3) is 0.462. The van der Waals surface area contributed by atoms with Gasteiger partial charge in [-0.05, 0) is 51.2 Å². The van der Waals surface area contributed by atoms with Crippen molar-refractivity contribution in [3.05, 3.63) is 29.6 Å². The molecule has 17 heavy (non-hydrogen) atoms. The number of piperidine rings is 1. The van der Waals surface area contributed by atoms with Crippen LogP contribution in [0, 0.1) is 17.1 Å². The van der Waals surface area contributed by atoms with Crippen LogP contribution in [-0.4, -0.2) is 31.1 Å². The van der Waals surface area contributed by atoms with Gasteiger partial charge < -0.3 is 10.2 Å². The highest BCUT2D eigenvalue weighted by Gasteiger charge is 2.17. The van der Waals surface area contributed by atoms with Crippen LogP contribution in [0.3, 0.4) is 0 Å². The largest absolute Gasteiger partial charge is 0.380 e. The second-order valence-corrected chi connectivity index (χ2v) is 4.53. The Morgan fingerprint density at radius 1 is 1.41 bits per heavy atom. The number of nitrogens with one attached hydrogen (secondary N) is 1.